The molecule has 0 spiro atoms. The number of hydrogen-bond donors (Lipinski definition) is 1. The van der Waals surface area contributed by atoms with Gasteiger partial charge in [0.05, 0.1) is 4.90 Å². The Morgan fingerprint density at radius 1 is 1.25 bits per heavy atom. The minimum absolute atomic E-state index is 0.0526. The van der Waals surface area contributed by atoms with Crippen LogP contribution in [0.15, 0.2) is 29.2 Å². The Kier molecular flexibility index (Phi) is 4.23. The van der Waals surface area contributed by atoms with Crippen LogP contribution >= 0.6 is 0 Å². The summed E-state index contributed by atoms with van der Waals surface area (Å²) in [6, 6.07) is 6.84. The molecule has 1 fully saturated rings. The molecule has 0 aromatic heterocycles. The number of nitrogens with zero attached hydrogens (tertiary/aromatic N) is 1. The van der Waals surface area contributed by atoms with E-state index in [1.54, 1.807) is 28.6 Å². The molecule has 1 unspecified atom stereocenters. The summed E-state index contributed by atoms with van der Waals surface area (Å²) in [5.41, 5.74) is 6.79. The van der Waals surface area contributed by atoms with E-state index in [1.807, 2.05) is 6.92 Å². The van der Waals surface area contributed by atoms with E-state index < -0.39 is 10.0 Å². The van der Waals surface area contributed by atoms with Gasteiger partial charge < -0.3 is 5.73 Å². The number of sulfonamides is 1. The topological polar surface area (TPSA) is 63.4 Å². The molecular weight excluding hydrogens is 272 g/mol. The molecular formula is C15H24N2O2S. The molecule has 0 aliphatic carbocycles. The van der Waals surface area contributed by atoms with Crippen molar-refractivity contribution >= 4 is 10.0 Å². The summed E-state index contributed by atoms with van der Waals surface area (Å²) in [7, 11) is -3.38. The quantitative estimate of drug-likeness (QED) is 0.932. The van der Waals surface area contributed by atoms with E-state index in [0.717, 1.165) is 18.4 Å². The molecule has 1 saturated heterocycles. The summed E-state index contributed by atoms with van der Waals surface area (Å²) in [6.07, 6.45) is 1.99. The molecule has 1 atom stereocenters. The maximum absolute atomic E-state index is 12.7. The Balaban J connectivity index is 2.26. The Morgan fingerprint density at radius 3 is 2.35 bits per heavy atom. The van der Waals surface area contributed by atoms with Gasteiger partial charge in [-0.15, -0.1) is 0 Å². The summed E-state index contributed by atoms with van der Waals surface area (Å²) >= 11 is 0. The van der Waals surface area contributed by atoms with Crippen molar-refractivity contribution in [3.05, 3.63) is 29.8 Å². The third kappa shape index (κ3) is 3.22. The third-order valence-electron chi connectivity index (χ3n) is 3.91. The second-order valence-corrected chi connectivity index (χ2v) is 8.40. The molecule has 1 aliphatic rings. The van der Waals surface area contributed by atoms with E-state index >= 15 is 0 Å². The highest BCUT2D eigenvalue weighted by Crippen LogP contribution is 2.31. The van der Waals surface area contributed by atoms with Gasteiger partial charge in [-0.05, 0) is 42.9 Å². The van der Waals surface area contributed by atoms with E-state index in [1.165, 1.54) is 0 Å². The largest absolute Gasteiger partial charge is 0.324 e. The highest BCUT2D eigenvalue weighted by atomic mass is 32.2. The predicted octanol–water partition coefficient (Wildman–Crippen LogP) is 2.52. The summed E-state index contributed by atoms with van der Waals surface area (Å²) in [5.74, 6) is 0. The average molecular weight is 296 g/mol. The van der Waals surface area contributed by atoms with Crippen molar-refractivity contribution in [1.29, 1.82) is 0 Å². The first-order chi connectivity index (χ1) is 9.22. The fraction of sp³-hybridized carbons (Fsp3) is 0.600. The SMILES string of the molecule is CC(N)c1ccc(S(=O)(=O)N2CCCC(C)(C)C2)cc1. The second kappa shape index (κ2) is 5.47. The highest BCUT2D eigenvalue weighted by molar-refractivity contribution is 7.89. The van der Waals surface area contributed by atoms with Gasteiger partial charge in [-0.1, -0.05) is 26.0 Å². The molecule has 4 nitrogen and oxygen atoms in total. The molecule has 0 saturated carbocycles. The van der Waals surface area contributed by atoms with Crippen LogP contribution in [0.25, 0.3) is 0 Å². The van der Waals surface area contributed by atoms with Crippen molar-refractivity contribution in [3.63, 3.8) is 0 Å². The molecule has 2 N–H and O–H groups in total. The van der Waals surface area contributed by atoms with Crippen LogP contribution in [0, 0.1) is 5.41 Å². The van der Waals surface area contributed by atoms with E-state index in [0.29, 0.717) is 18.0 Å². The zero-order valence-electron chi connectivity index (χ0n) is 12.5. The number of nitrogens with two attached hydrogens (primary N) is 1. The van der Waals surface area contributed by atoms with Crippen LogP contribution in [-0.4, -0.2) is 25.8 Å². The summed E-state index contributed by atoms with van der Waals surface area (Å²) in [5, 5.41) is 0. The van der Waals surface area contributed by atoms with E-state index in [4.69, 9.17) is 5.73 Å². The van der Waals surface area contributed by atoms with Gasteiger partial charge in [0.1, 0.15) is 0 Å². The maximum atomic E-state index is 12.7. The first-order valence-electron chi connectivity index (χ1n) is 7.08. The minimum Gasteiger partial charge on any atom is -0.324 e. The number of benzene rings is 1. The highest BCUT2D eigenvalue weighted by Gasteiger charge is 2.33. The molecule has 1 heterocycles. The summed E-state index contributed by atoms with van der Waals surface area (Å²) in [4.78, 5) is 0.361. The van der Waals surface area contributed by atoms with Crippen molar-refractivity contribution in [2.45, 2.75) is 44.6 Å². The summed E-state index contributed by atoms with van der Waals surface area (Å²) in [6.45, 7) is 7.32. The van der Waals surface area contributed by atoms with Gasteiger partial charge in [-0.3, -0.25) is 0 Å². The fourth-order valence-electron chi connectivity index (χ4n) is 2.67. The van der Waals surface area contributed by atoms with E-state index in [-0.39, 0.29) is 11.5 Å². The number of hydrogen-bond acceptors (Lipinski definition) is 3. The first-order valence-corrected chi connectivity index (χ1v) is 8.52. The minimum atomic E-state index is -3.38. The molecule has 2 rings (SSSR count). The van der Waals surface area contributed by atoms with Crippen molar-refractivity contribution in [3.8, 4) is 0 Å². The molecule has 0 bridgehead atoms. The van der Waals surface area contributed by atoms with Crippen molar-refractivity contribution in [2.75, 3.05) is 13.1 Å². The van der Waals surface area contributed by atoms with Crippen LogP contribution in [0.4, 0.5) is 0 Å². The Morgan fingerprint density at radius 2 is 1.85 bits per heavy atom. The monoisotopic (exact) mass is 296 g/mol. The van der Waals surface area contributed by atoms with Gasteiger partial charge >= 0.3 is 0 Å². The molecule has 5 heteroatoms. The zero-order valence-corrected chi connectivity index (χ0v) is 13.3. The van der Waals surface area contributed by atoms with Crippen molar-refractivity contribution < 1.29 is 8.42 Å². The molecule has 1 aromatic rings. The first kappa shape index (κ1) is 15.5. The van der Waals surface area contributed by atoms with Crippen LogP contribution in [-0.2, 0) is 10.0 Å². The number of rotatable bonds is 3. The molecule has 20 heavy (non-hydrogen) atoms. The van der Waals surface area contributed by atoms with Crippen molar-refractivity contribution in [2.24, 2.45) is 11.1 Å². The summed E-state index contributed by atoms with van der Waals surface area (Å²) < 4.78 is 26.9. The van der Waals surface area contributed by atoms with E-state index in [9.17, 15) is 8.42 Å². The standard InChI is InChI=1S/C15H24N2O2S/c1-12(16)13-5-7-14(8-6-13)20(18,19)17-10-4-9-15(2,3)11-17/h5-8,12H,4,9-11,16H2,1-3H3. The Hall–Kier alpha value is -0.910. The zero-order chi connectivity index (χ0) is 15.0. The lowest BCUT2D eigenvalue weighted by Crippen LogP contribution is -2.43. The molecule has 1 aliphatic heterocycles. The second-order valence-electron chi connectivity index (χ2n) is 6.46. The third-order valence-corrected chi connectivity index (χ3v) is 5.77. The van der Waals surface area contributed by atoms with Crippen LogP contribution in [0.5, 0.6) is 0 Å². The average Bonchev–Trinajstić information content (AvgIpc) is 2.37. The molecule has 1 aromatic carbocycles. The predicted molar refractivity (Wildman–Crippen MR) is 80.8 cm³/mol. The fourth-order valence-corrected chi connectivity index (χ4v) is 4.33. The van der Waals surface area contributed by atoms with Gasteiger partial charge in [0.2, 0.25) is 10.0 Å². The maximum Gasteiger partial charge on any atom is 0.243 e. The van der Waals surface area contributed by atoms with Gasteiger partial charge in [0.15, 0.2) is 0 Å². The van der Waals surface area contributed by atoms with Crippen LogP contribution in [0.2, 0.25) is 0 Å². The number of piperidine rings is 1. The van der Waals surface area contributed by atoms with Gasteiger partial charge in [-0.2, -0.15) is 4.31 Å². The molecule has 0 radical (unpaired) electrons. The Labute approximate surface area is 122 Å². The van der Waals surface area contributed by atoms with Crippen LogP contribution < -0.4 is 5.73 Å². The normalized spacial score (nSPS) is 21.6. The lowest BCUT2D eigenvalue weighted by molar-refractivity contribution is 0.187. The molecule has 112 valence electrons. The lowest BCUT2D eigenvalue weighted by Gasteiger charge is -2.37. The molecule has 0 amide bonds. The van der Waals surface area contributed by atoms with Crippen molar-refractivity contribution in [1.82, 2.24) is 4.31 Å². The lowest BCUT2D eigenvalue weighted by atomic mass is 9.85. The van der Waals surface area contributed by atoms with Crippen LogP contribution in [0.3, 0.4) is 0 Å². The van der Waals surface area contributed by atoms with Gasteiger partial charge in [-0.25, -0.2) is 8.42 Å². The van der Waals surface area contributed by atoms with Gasteiger partial charge in [0.25, 0.3) is 0 Å². The van der Waals surface area contributed by atoms with E-state index in [2.05, 4.69) is 13.8 Å². The smallest absolute Gasteiger partial charge is 0.243 e. The Bertz CT molecular complexity index is 562. The van der Waals surface area contributed by atoms with Gasteiger partial charge in [0, 0.05) is 19.1 Å². The van der Waals surface area contributed by atoms with Crippen LogP contribution in [0.1, 0.15) is 45.2 Å².